The predicted octanol–water partition coefficient (Wildman–Crippen LogP) is 1.93. The number of aromatic carboxylic acids is 1. The maximum Gasteiger partial charge on any atom is 0.335 e. The molecule has 0 aliphatic carbocycles. The number of amides is 2. The third kappa shape index (κ3) is 4.18. The lowest BCUT2D eigenvalue weighted by molar-refractivity contribution is -0.134. The van der Waals surface area contributed by atoms with Crippen molar-refractivity contribution in [2.45, 2.75) is 44.6 Å². The first-order valence-corrected chi connectivity index (χ1v) is 8.94. The maximum atomic E-state index is 12.4. The van der Waals surface area contributed by atoms with Gasteiger partial charge in [-0.05, 0) is 43.4 Å². The number of carbonyl (C=O) groups excluding carboxylic acids is 2. The fourth-order valence-electron chi connectivity index (χ4n) is 3.71. The monoisotopic (exact) mass is 344 g/mol. The predicted molar refractivity (Wildman–Crippen MR) is 92.3 cm³/mol. The number of carboxylic acid groups (broad SMARTS) is 1. The fraction of sp³-hybridized carbons (Fsp3) is 0.526. The zero-order chi connectivity index (χ0) is 17.8. The second-order valence-electron chi connectivity index (χ2n) is 6.80. The first kappa shape index (κ1) is 17.5. The van der Waals surface area contributed by atoms with Crippen molar-refractivity contribution >= 4 is 17.8 Å². The summed E-state index contributed by atoms with van der Waals surface area (Å²) in [6, 6.07) is 6.97. The van der Waals surface area contributed by atoms with Crippen LogP contribution in [0.4, 0.5) is 0 Å². The van der Waals surface area contributed by atoms with Gasteiger partial charge in [0.15, 0.2) is 0 Å². The second-order valence-corrected chi connectivity index (χ2v) is 6.80. The minimum Gasteiger partial charge on any atom is -0.478 e. The zero-order valence-corrected chi connectivity index (χ0v) is 14.3. The number of carboxylic acids is 1. The van der Waals surface area contributed by atoms with Crippen LogP contribution in [-0.4, -0.2) is 58.4 Å². The molecule has 2 amide bonds. The number of piperidine rings is 1. The van der Waals surface area contributed by atoms with Gasteiger partial charge in [0.25, 0.3) is 0 Å². The number of benzene rings is 1. The number of hydrogen-bond acceptors (Lipinski definition) is 3. The first-order chi connectivity index (χ1) is 12.0. The highest BCUT2D eigenvalue weighted by atomic mass is 16.4. The molecule has 0 unspecified atom stereocenters. The van der Waals surface area contributed by atoms with Gasteiger partial charge < -0.3 is 14.9 Å². The van der Waals surface area contributed by atoms with Crippen LogP contribution in [0.15, 0.2) is 24.3 Å². The Hall–Kier alpha value is -2.37. The van der Waals surface area contributed by atoms with E-state index in [1.165, 1.54) is 0 Å². The molecule has 0 saturated carbocycles. The molecule has 3 rings (SSSR count). The van der Waals surface area contributed by atoms with E-state index in [9.17, 15) is 14.4 Å². The summed E-state index contributed by atoms with van der Waals surface area (Å²) < 4.78 is 0. The molecule has 6 heteroatoms. The Kier molecular flexibility index (Phi) is 5.36. The second kappa shape index (κ2) is 7.68. The van der Waals surface area contributed by atoms with Crippen molar-refractivity contribution in [3.05, 3.63) is 35.4 Å². The molecule has 134 valence electrons. The molecule has 2 heterocycles. The smallest absolute Gasteiger partial charge is 0.335 e. The average Bonchev–Trinajstić information content (AvgIpc) is 3.06. The molecule has 0 spiro atoms. The summed E-state index contributed by atoms with van der Waals surface area (Å²) in [5, 5.41) is 8.90. The van der Waals surface area contributed by atoms with E-state index in [2.05, 4.69) is 0 Å². The van der Waals surface area contributed by atoms with Gasteiger partial charge in [0, 0.05) is 38.5 Å². The Morgan fingerprint density at radius 1 is 1.08 bits per heavy atom. The topological polar surface area (TPSA) is 77.9 Å². The van der Waals surface area contributed by atoms with Crippen molar-refractivity contribution in [2.75, 3.05) is 19.6 Å². The Morgan fingerprint density at radius 3 is 2.32 bits per heavy atom. The van der Waals surface area contributed by atoms with Crippen LogP contribution in [0.25, 0.3) is 0 Å². The van der Waals surface area contributed by atoms with Crippen LogP contribution >= 0.6 is 0 Å². The molecule has 2 fully saturated rings. The molecule has 1 N–H and O–H groups in total. The van der Waals surface area contributed by atoms with Gasteiger partial charge in [-0.25, -0.2) is 4.79 Å². The lowest BCUT2D eigenvalue weighted by Gasteiger charge is -2.36. The molecule has 1 aromatic rings. The van der Waals surface area contributed by atoms with E-state index in [0.29, 0.717) is 38.4 Å². The summed E-state index contributed by atoms with van der Waals surface area (Å²) >= 11 is 0. The van der Waals surface area contributed by atoms with E-state index >= 15 is 0 Å². The molecule has 0 bridgehead atoms. The maximum absolute atomic E-state index is 12.4. The quantitative estimate of drug-likeness (QED) is 0.885. The average molecular weight is 344 g/mol. The molecule has 0 aromatic heterocycles. The normalized spacial score (nSPS) is 18.6. The minimum absolute atomic E-state index is 0.133. The molecule has 0 atom stereocenters. The summed E-state index contributed by atoms with van der Waals surface area (Å²) in [5.74, 6) is -0.551. The van der Waals surface area contributed by atoms with Crippen LogP contribution in [-0.2, 0) is 16.0 Å². The van der Waals surface area contributed by atoms with Gasteiger partial charge in [-0.1, -0.05) is 12.1 Å². The molecule has 6 nitrogen and oxygen atoms in total. The van der Waals surface area contributed by atoms with Crippen LogP contribution in [0.3, 0.4) is 0 Å². The standard InChI is InChI=1S/C19H24N2O4/c22-17(8-5-14-3-6-15(7-4-14)19(24)25)20-12-9-16(10-13-20)21-11-1-2-18(21)23/h3-4,6-7,16H,1-2,5,8-13H2,(H,24,25). The Labute approximate surface area is 147 Å². The fourth-order valence-corrected chi connectivity index (χ4v) is 3.71. The van der Waals surface area contributed by atoms with E-state index in [-0.39, 0.29) is 17.4 Å². The molecular formula is C19H24N2O4. The Bertz CT molecular complexity index is 648. The van der Waals surface area contributed by atoms with Gasteiger partial charge >= 0.3 is 5.97 Å². The molecular weight excluding hydrogens is 320 g/mol. The van der Waals surface area contributed by atoms with Crippen molar-refractivity contribution in [3.8, 4) is 0 Å². The van der Waals surface area contributed by atoms with Gasteiger partial charge in [0.05, 0.1) is 5.56 Å². The van der Waals surface area contributed by atoms with E-state index in [1.54, 1.807) is 24.3 Å². The van der Waals surface area contributed by atoms with E-state index < -0.39 is 5.97 Å². The minimum atomic E-state index is -0.943. The van der Waals surface area contributed by atoms with Gasteiger partial charge in [0.1, 0.15) is 0 Å². The molecule has 0 radical (unpaired) electrons. The number of carbonyl (C=O) groups is 3. The van der Waals surface area contributed by atoms with Gasteiger partial charge in [-0.15, -0.1) is 0 Å². The summed E-state index contributed by atoms with van der Waals surface area (Å²) in [6.07, 6.45) is 4.40. The number of nitrogens with zero attached hydrogens (tertiary/aromatic N) is 2. The largest absolute Gasteiger partial charge is 0.478 e. The lowest BCUT2D eigenvalue weighted by Crippen LogP contribution is -2.47. The van der Waals surface area contributed by atoms with Crippen molar-refractivity contribution in [3.63, 3.8) is 0 Å². The van der Waals surface area contributed by atoms with E-state index in [0.717, 1.165) is 31.4 Å². The molecule has 2 aliphatic rings. The summed E-state index contributed by atoms with van der Waals surface area (Å²) in [7, 11) is 0. The van der Waals surface area contributed by atoms with E-state index in [1.807, 2.05) is 9.80 Å². The van der Waals surface area contributed by atoms with Crippen LogP contribution in [0, 0.1) is 0 Å². The van der Waals surface area contributed by atoms with Crippen LogP contribution in [0.1, 0.15) is 48.0 Å². The molecule has 2 aliphatic heterocycles. The lowest BCUT2D eigenvalue weighted by atomic mass is 10.0. The third-order valence-corrected chi connectivity index (χ3v) is 5.20. The van der Waals surface area contributed by atoms with Crippen LogP contribution < -0.4 is 0 Å². The molecule has 1 aromatic carbocycles. The van der Waals surface area contributed by atoms with Gasteiger partial charge in [0.2, 0.25) is 11.8 Å². The highest BCUT2D eigenvalue weighted by Gasteiger charge is 2.31. The number of likely N-dealkylation sites (tertiary alicyclic amines) is 2. The highest BCUT2D eigenvalue weighted by Crippen LogP contribution is 2.22. The summed E-state index contributed by atoms with van der Waals surface area (Å²) in [6.45, 7) is 2.29. The number of rotatable bonds is 5. The van der Waals surface area contributed by atoms with Crippen LogP contribution in [0.2, 0.25) is 0 Å². The van der Waals surface area contributed by atoms with Crippen molar-refractivity contribution in [1.29, 1.82) is 0 Å². The van der Waals surface area contributed by atoms with E-state index in [4.69, 9.17) is 5.11 Å². The first-order valence-electron chi connectivity index (χ1n) is 8.94. The third-order valence-electron chi connectivity index (χ3n) is 5.20. The Balaban J connectivity index is 1.45. The van der Waals surface area contributed by atoms with Crippen molar-refractivity contribution in [1.82, 2.24) is 9.80 Å². The summed E-state index contributed by atoms with van der Waals surface area (Å²) in [4.78, 5) is 38.9. The Morgan fingerprint density at radius 2 is 1.76 bits per heavy atom. The number of aryl methyl sites for hydroxylation is 1. The zero-order valence-electron chi connectivity index (χ0n) is 14.3. The van der Waals surface area contributed by atoms with Gasteiger partial charge in [-0.3, -0.25) is 9.59 Å². The SMILES string of the molecule is O=C(O)c1ccc(CCC(=O)N2CCC(N3CCCC3=O)CC2)cc1. The molecule has 25 heavy (non-hydrogen) atoms. The highest BCUT2D eigenvalue weighted by molar-refractivity contribution is 5.87. The van der Waals surface area contributed by atoms with Gasteiger partial charge in [-0.2, -0.15) is 0 Å². The van der Waals surface area contributed by atoms with Crippen molar-refractivity contribution in [2.24, 2.45) is 0 Å². The van der Waals surface area contributed by atoms with Crippen LogP contribution in [0.5, 0.6) is 0 Å². The summed E-state index contributed by atoms with van der Waals surface area (Å²) in [5.41, 5.74) is 1.23. The molecule has 2 saturated heterocycles. The number of hydrogen-bond donors (Lipinski definition) is 1. The van der Waals surface area contributed by atoms with Crippen molar-refractivity contribution < 1.29 is 19.5 Å².